The number of thioether (sulfide) groups is 1. The Kier molecular flexibility index (Phi) is 5.72. The molecule has 0 aliphatic rings. The van der Waals surface area contributed by atoms with Crippen LogP contribution in [0.15, 0.2) is 46.9 Å². The summed E-state index contributed by atoms with van der Waals surface area (Å²) >= 11 is 2.92. The Hall–Kier alpha value is -2.32. The quantitative estimate of drug-likeness (QED) is 0.620. The Morgan fingerprint density at radius 2 is 2.16 bits per heavy atom. The van der Waals surface area contributed by atoms with Gasteiger partial charge in [-0.3, -0.25) is 9.89 Å². The van der Waals surface area contributed by atoms with Gasteiger partial charge in [0.25, 0.3) is 0 Å². The van der Waals surface area contributed by atoms with Gasteiger partial charge in [0.15, 0.2) is 5.82 Å². The summed E-state index contributed by atoms with van der Waals surface area (Å²) in [7, 11) is 1.63. The van der Waals surface area contributed by atoms with Crippen molar-refractivity contribution in [1.29, 1.82) is 0 Å². The summed E-state index contributed by atoms with van der Waals surface area (Å²) in [4.78, 5) is 17.7. The topological polar surface area (TPSA) is 79.9 Å². The standard InChI is InChI=1S/C17H18N4O2S2/c1-11(16(22)18-10-12-5-7-13(23-2)8-6-12)25-17-19-15(20-21-17)14-4-3-9-24-14/h3-9,11H,10H2,1-2H3,(H,18,22)(H,19,20,21). The van der Waals surface area contributed by atoms with Crippen LogP contribution in [0.2, 0.25) is 0 Å². The van der Waals surface area contributed by atoms with E-state index in [9.17, 15) is 4.79 Å². The molecule has 130 valence electrons. The molecule has 0 saturated carbocycles. The summed E-state index contributed by atoms with van der Waals surface area (Å²) in [5, 5.41) is 12.3. The van der Waals surface area contributed by atoms with Gasteiger partial charge >= 0.3 is 0 Å². The molecular weight excluding hydrogens is 356 g/mol. The normalized spacial score (nSPS) is 11.9. The third kappa shape index (κ3) is 4.61. The molecule has 3 rings (SSSR count). The monoisotopic (exact) mass is 374 g/mol. The van der Waals surface area contributed by atoms with Gasteiger partial charge in [0.2, 0.25) is 11.1 Å². The number of carbonyl (C=O) groups excluding carboxylic acids is 1. The average molecular weight is 374 g/mol. The van der Waals surface area contributed by atoms with E-state index in [1.54, 1.807) is 18.4 Å². The summed E-state index contributed by atoms with van der Waals surface area (Å²) in [5.74, 6) is 1.47. The van der Waals surface area contributed by atoms with E-state index in [1.807, 2.05) is 48.7 Å². The highest BCUT2D eigenvalue weighted by molar-refractivity contribution is 8.00. The van der Waals surface area contributed by atoms with Gasteiger partial charge in [-0.05, 0) is 36.1 Å². The van der Waals surface area contributed by atoms with Crippen LogP contribution in [0.5, 0.6) is 5.75 Å². The van der Waals surface area contributed by atoms with Crippen molar-refractivity contribution in [3.63, 3.8) is 0 Å². The third-order valence-electron chi connectivity index (χ3n) is 3.50. The molecule has 8 heteroatoms. The van der Waals surface area contributed by atoms with Crippen molar-refractivity contribution in [3.05, 3.63) is 47.3 Å². The number of aromatic amines is 1. The molecule has 25 heavy (non-hydrogen) atoms. The van der Waals surface area contributed by atoms with Crippen LogP contribution in [-0.4, -0.2) is 33.4 Å². The maximum Gasteiger partial charge on any atom is 0.233 e. The van der Waals surface area contributed by atoms with Crippen molar-refractivity contribution in [2.75, 3.05) is 7.11 Å². The molecule has 1 amide bonds. The number of hydrogen-bond donors (Lipinski definition) is 2. The minimum atomic E-state index is -0.287. The number of carbonyl (C=O) groups is 1. The summed E-state index contributed by atoms with van der Waals surface area (Å²) < 4.78 is 5.12. The number of nitrogens with zero attached hydrogens (tertiary/aromatic N) is 2. The number of hydrogen-bond acceptors (Lipinski definition) is 6. The fourth-order valence-electron chi connectivity index (χ4n) is 2.11. The number of benzene rings is 1. The van der Waals surface area contributed by atoms with Gasteiger partial charge in [0, 0.05) is 6.54 Å². The lowest BCUT2D eigenvalue weighted by molar-refractivity contribution is -0.120. The molecule has 3 aromatic rings. The van der Waals surface area contributed by atoms with Crippen LogP contribution in [0.3, 0.4) is 0 Å². The Bertz CT molecular complexity index is 816. The van der Waals surface area contributed by atoms with Gasteiger partial charge in [0.1, 0.15) is 5.75 Å². The smallest absolute Gasteiger partial charge is 0.233 e. The number of aromatic nitrogens is 3. The first-order valence-corrected chi connectivity index (χ1v) is 9.45. The fourth-order valence-corrected chi connectivity index (χ4v) is 3.52. The molecule has 0 spiro atoms. The van der Waals surface area contributed by atoms with Gasteiger partial charge in [-0.2, -0.15) is 0 Å². The molecule has 2 N–H and O–H groups in total. The lowest BCUT2D eigenvalue weighted by Crippen LogP contribution is -2.30. The molecule has 0 saturated heterocycles. The Balaban J connectivity index is 1.52. The van der Waals surface area contributed by atoms with E-state index in [2.05, 4.69) is 20.5 Å². The predicted octanol–water partition coefficient (Wildman–Crippen LogP) is 3.34. The van der Waals surface area contributed by atoms with Gasteiger partial charge in [-0.15, -0.1) is 16.4 Å². The number of ether oxygens (including phenoxy) is 1. The number of H-pyrrole nitrogens is 1. The zero-order valence-corrected chi connectivity index (χ0v) is 15.5. The molecule has 0 bridgehead atoms. The Labute approximate surface area is 154 Å². The molecule has 1 unspecified atom stereocenters. The highest BCUT2D eigenvalue weighted by Crippen LogP contribution is 2.25. The first-order chi connectivity index (χ1) is 12.2. The van der Waals surface area contributed by atoms with Crippen molar-refractivity contribution < 1.29 is 9.53 Å². The first-order valence-electron chi connectivity index (χ1n) is 7.69. The molecular formula is C17H18N4O2S2. The highest BCUT2D eigenvalue weighted by Gasteiger charge is 2.17. The van der Waals surface area contributed by atoms with Gasteiger partial charge in [0.05, 0.1) is 17.2 Å². The van der Waals surface area contributed by atoms with Crippen LogP contribution >= 0.6 is 23.1 Å². The van der Waals surface area contributed by atoms with Crippen LogP contribution in [-0.2, 0) is 11.3 Å². The van der Waals surface area contributed by atoms with Crippen LogP contribution in [0.25, 0.3) is 10.7 Å². The van der Waals surface area contributed by atoms with Crippen molar-refractivity contribution in [1.82, 2.24) is 20.5 Å². The van der Waals surface area contributed by atoms with E-state index in [0.717, 1.165) is 22.0 Å². The summed E-state index contributed by atoms with van der Waals surface area (Å²) in [6.45, 7) is 2.32. The maximum atomic E-state index is 12.3. The van der Waals surface area contributed by atoms with Crippen LogP contribution in [0.4, 0.5) is 0 Å². The van der Waals surface area contributed by atoms with Crippen molar-refractivity contribution in [2.24, 2.45) is 0 Å². The Morgan fingerprint density at radius 3 is 2.84 bits per heavy atom. The second-order valence-electron chi connectivity index (χ2n) is 5.27. The van der Waals surface area contributed by atoms with Crippen molar-refractivity contribution in [2.45, 2.75) is 23.9 Å². The van der Waals surface area contributed by atoms with Crippen LogP contribution in [0, 0.1) is 0 Å². The summed E-state index contributed by atoms with van der Waals surface area (Å²) in [5.41, 5.74) is 1.02. The second kappa shape index (κ2) is 8.17. The third-order valence-corrected chi connectivity index (χ3v) is 5.33. The molecule has 0 fully saturated rings. The molecule has 1 aromatic carbocycles. The molecule has 2 heterocycles. The summed E-state index contributed by atoms with van der Waals surface area (Å²) in [6.07, 6.45) is 0. The molecule has 0 radical (unpaired) electrons. The van der Waals surface area contributed by atoms with E-state index >= 15 is 0 Å². The minimum Gasteiger partial charge on any atom is -0.497 e. The van der Waals surface area contributed by atoms with Crippen LogP contribution < -0.4 is 10.1 Å². The first kappa shape index (κ1) is 17.5. The number of methoxy groups -OCH3 is 1. The van der Waals surface area contributed by atoms with Gasteiger partial charge in [-0.1, -0.05) is 30.0 Å². The number of thiophene rings is 1. The second-order valence-corrected chi connectivity index (χ2v) is 7.53. The SMILES string of the molecule is COc1ccc(CNC(=O)C(C)Sc2n[nH]c(-c3cccs3)n2)cc1. The summed E-state index contributed by atoms with van der Waals surface area (Å²) in [6, 6.07) is 11.5. The van der Waals surface area contributed by atoms with E-state index < -0.39 is 0 Å². The van der Waals surface area contributed by atoms with E-state index in [0.29, 0.717) is 11.7 Å². The minimum absolute atomic E-state index is 0.0525. The lowest BCUT2D eigenvalue weighted by Gasteiger charge is -2.10. The van der Waals surface area contributed by atoms with E-state index in [-0.39, 0.29) is 11.2 Å². The largest absolute Gasteiger partial charge is 0.497 e. The predicted molar refractivity (Wildman–Crippen MR) is 99.9 cm³/mol. The number of nitrogens with one attached hydrogen (secondary N) is 2. The zero-order valence-electron chi connectivity index (χ0n) is 13.9. The van der Waals surface area contributed by atoms with Crippen molar-refractivity contribution >= 4 is 29.0 Å². The zero-order chi connectivity index (χ0) is 17.6. The molecule has 1 atom stereocenters. The molecule has 2 aromatic heterocycles. The average Bonchev–Trinajstić information content (AvgIpc) is 3.31. The van der Waals surface area contributed by atoms with Crippen LogP contribution in [0.1, 0.15) is 12.5 Å². The lowest BCUT2D eigenvalue weighted by atomic mass is 10.2. The number of rotatable bonds is 7. The van der Waals surface area contributed by atoms with Gasteiger partial charge < -0.3 is 10.1 Å². The van der Waals surface area contributed by atoms with E-state index in [4.69, 9.17) is 4.74 Å². The van der Waals surface area contributed by atoms with E-state index in [1.165, 1.54) is 11.8 Å². The maximum absolute atomic E-state index is 12.3. The molecule has 0 aliphatic carbocycles. The Morgan fingerprint density at radius 1 is 1.36 bits per heavy atom. The highest BCUT2D eigenvalue weighted by atomic mass is 32.2. The number of amides is 1. The fraction of sp³-hybridized carbons (Fsp3) is 0.235. The van der Waals surface area contributed by atoms with Gasteiger partial charge in [-0.25, -0.2) is 4.98 Å². The molecule has 0 aliphatic heterocycles. The van der Waals surface area contributed by atoms with Crippen molar-refractivity contribution in [3.8, 4) is 16.5 Å². The molecule has 6 nitrogen and oxygen atoms in total.